The van der Waals surface area contributed by atoms with E-state index in [-0.39, 0.29) is 6.09 Å². The fraction of sp³-hybridized carbons (Fsp3) is 0.833. The summed E-state index contributed by atoms with van der Waals surface area (Å²) < 4.78 is 4.52. The Morgan fingerprint density at radius 2 is 2.30 bits per heavy atom. The second-order valence-corrected chi connectivity index (χ2v) is 2.47. The van der Waals surface area contributed by atoms with Crippen LogP contribution in [0.15, 0.2) is 0 Å². The Labute approximate surface area is 60.3 Å². The first-order valence-corrected chi connectivity index (χ1v) is 3.25. The van der Waals surface area contributed by atoms with Crippen molar-refractivity contribution in [2.45, 2.75) is 13.0 Å². The molecule has 0 aromatic carbocycles. The molecule has 0 radical (unpaired) electrons. The van der Waals surface area contributed by atoms with Gasteiger partial charge in [0.05, 0.1) is 13.7 Å². The molecular weight excluding hydrogens is 132 g/mol. The van der Waals surface area contributed by atoms with E-state index in [0.717, 1.165) is 6.54 Å². The highest BCUT2D eigenvalue weighted by molar-refractivity contribution is 5.67. The molecule has 1 aliphatic heterocycles. The number of carbonyl (C=O) groups excluding carboxylic acids is 1. The van der Waals surface area contributed by atoms with Gasteiger partial charge in [0.15, 0.2) is 0 Å². The minimum absolute atomic E-state index is 0.277. The Kier molecular flexibility index (Phi) is 1.80. The number of likely N-dealkylation sites (N-methyl/N-ethyl adjacent to an activating group) is 1. The highest BCUT2D eigenvalue weighted by Crippen LogP contribution is 2.15. The van der Waals surface area contributed by atoms with Crippen LogP contribution in [0.25, 0.3) is 0 Å². The molecular formula is C6H12N2O2. The smallest absolute Gasteiger partial charge is 0.424 e. The number of methoxy groups -OCH3 is 1. The van der Waals surface area contributed by atoms with Gasteiger partial charge in [-0.05, 0) is 6.92 Å². The quantitative estimate of drug-likeness (QED) is 0.490. The predicted molar refractivity (Wildman–Crippen MR) is 36.3 cm³/mol. The number of nitrogens with zero attached hydrogens (tertiary/aromatic N) is 2. The van der Waals surface area contributed by atoms with Crippen molar-refractivity contribution in [2.75, 3.05) is 20.7 Å². The van der Waals surface area contributed by atoms with Crippen LogP contribution in [0.2, 0.25) is 0 Å². The molecule has 1 amide bonds. The lowest BCUT2D eigenvalue weighted by Gasteiger charge is -2.45. The normalized spacial score (nSPS) is 25.9. The minimum Gasteiger partial charge on any atom is -0.452 e. The monoisotopic (exact) mass is 144 g/mol. The fourth-order valence-electron chi connectivity index (χ4n) is 0.948. The summed E-state index contributed by atoms with van der Waals surface area (Å²) in [6.45, 7) is 2.82. The topological polar surface area (TPSA) is 32.8 Å². The van der Waals surface area contributed by atoms with Crippen molar-refractivity contribution in [2.24, 2.45) is 0 Å². The number of rotatable bonds is 0. The average Bonchev–Trinajstić information content (AvgIpc) is 1.98. The summed E-state index contributed by atoms with van der Waals surface area (Å²) in [6, 6.07) is 0.457. The van der Waals surface area contributed by atoms with Gasteiger partial charge >= 0.3 is 6.09 Å². The summed E-state index contributed by atoms with van der Waals surface area (Å²) in [5.41, 5.74) is 0. The maximum atomic E-state index is 10.8. The van der Waals surface area contributed by atoms with Crippen LogP contribution in [0.1, 0.15) is 6.92 Å². The number of hydrazine groups is 1. The van der Waals surface area contributed by atoms with Crippen LogP contribution in [0.4, 0.5) is 4.79 Å². The van der Waals surface area contributed by atoms with Gasteiger partial charge in [0.2, 0.25) is 0 Å². The van der Waals surface area contributed by atoms with Crippen LogP contribution in [0, 0.1) is 0 Å². The standard InChI is InChI=1S/C6H12N2O2/c1-5-4-8(7(5)2)6(9)10-3/h5H,4H2,1-3H3. The van der Waals surface area contributed by atoms with E-state index in [0.29, 0.717) is 6.04 Å². The van der Waals surface area contributed by atoms with Crippen LogP contribution >= 0.6 is 0 Å². The van der Waals surface area contributed by atoms with Crippen molar-refractivity contribution in [1.82, 2.24) is 10.0 Å². The lowest BCUT2D eigenvalue weighted by Crippen LogP contribution is -2.63. The van der Waals surface area contributed by atoms with Gasteiger partial charge in [0, 0.05) is 13.1 Å². The van der Waals surface area contributed by atoms with E-state index in [1.807, 2.05) is 12.1 Å². The summed E-state index contributed by atoms with van der Waals surface area (Å²) in [7, 11) is 3.25. The zero-order chi connectivity index (χ0) is 7.72. The molecule has 1 aliphatic rings. The van der Waals surface area contributed by atoms with E-state index in [9.17, 15) is 4.79 Å². The van der Waals surface area contributed by atoms with Gasteiger partial charge in [-0.3, -0.25) is 0 Å². The zero-order valence-electron chi connectivity index (χ0n) is 6.50. The second kappa shape index (κ2) is 2.46. The number of amides is 1. The van der Waals surface area contributed by atoms with Gasteiger partial charge in [-0.2, -0.15) is 0 Å². The van der Waals surface area contributed by atoms with Crippen molar-refractivity contribution in [3.05, 3.63) is 0 Å². The summed E-state index contributed by atoms with van der Waals surface area (Å²) in [5, 5.41) is 3.41. The highest BCUT2D eigenvalue weighted by Gasteiger charge is 2.33. The van der Waals surface area contributed by atoms with Crippen molar-refractivity contribution in [1.29, 1.82) is 0 Å². The molecule has 1 unspecified atom stereocenters. The Hall–Kier alpha value is -0.770. The SMILES string of the molecule is COC(=O)N1CC(C)N1C. The highest BCUT2D eigenvalue weighted by atomic mass is 16.5. The van der Waals surface area contributed by atoms with Gasteiger partial charge in [0.25, 0.3) is 0 Å². The van der Waals surface area contributed by atoms with Crippen LogP contribution in [-0.2, 0) is 4.74 Å². The van der Waals surface area contributed by atoms with E-state index in [1.54, 1.807) is 5.01 Å². The van der Waals surface area contributed by atoms with Gasteiger partial charge in [-0.25, -0.2) is 14.8 Å². The van der Waals surface area contributed by atoms with Crippen molar-refractivity contribution in [3.8, 4) is 0 Å². The molecule has 1 saturated heterocycles. The fourth-order valence-corrected chi connectivity index (χ4v) is 0.948. The zero-order valence-corrected chi connectivity index (χ0v) is 6.50. The Bertz CT molecular complexity index is 149. The average molecular weight is 144 g/mol. The molecule has 58 valence electrons. The molecule has 4 heteroatoms. The molecule has 0 aliphatic carbocycles. The molecule has 0 bridgehead atoms. The Morgan fingerprint density at radius 3 is 2.60 bits per heavy atom. The molecule has 4 nitrogen and oxygen atoms in total. The number of hydrogen-bond donors (Lipinski definition) is 0. The summed E-state index contributed by atoms with van der Waals surface area (Å²) in [5.74, 6) is 0. The van der Waals surface area contributed by atoms with Crippen LogP contribution < -0.4 is 0 Å². The van der Waals surface area contributed by atoms with Crippen molar-refractivity contribution in [3.63, 3.8) is 0 Å². The van der Waals surface area contributed by atoms with Gasteiger partial charge < -0.3 is 4.74 Å². The molecule has 1 rings (SSSR count). The molecule has 0 spiro atoms. The molecule has 1 fully saturated rings. The number of carbonyl (C=O) groups is 1. The third kappa shape index (κ3) is 0.945. The Morgan fingerprint density at radius 1 is 1.70 bits per heavy atom. The summed E-state index contributed by atoms with van der Waals surface area (Å²) in [4.78, 5) is 10.8. The van der Waals surface area contributed by atoms with Gasteiger partial charge in [0.1, 0.15) is 0 Å². The third-order valence-electron chi connectivity index (χ3n) is 1.84. The molecule has 0 N–H and O–H groups in total. The lowest BCUT2D eigenvalue weighted by atomic mass is 10.2. The molecule has 0 aromatic rings. The van der Waals surface area contributed by atoms with Gasteiger partial charge in [-0.15, -0.1) is 0 Å². The summed E-state index contributed by atoms with van der Waals surface area (Å²) >= 11 is 0. The molecule has 0 saturated carbocycles. The van der Waals surface area contributed by atoms with E-state index in [4.69, 9.17) is 0 Å². The van der Waals surface area contributed by atoms with Crippen molar-refractivity contribution < 1.29 is 9.53 Å². The summed E-state index contributed by atoms with van der Waals surface area (Å²) in [6.07, 6.45) is -0.277. The first-order chi connectivity index (χ1) is 4.66. The maximum absolute atomic E-state index is 10.8. The Balaban J connectivity index is 2.40. The first-order valence-electron chi connectivity index (χ1n) is 3.25. The number of hydrogen-bond acceptors (Lipinski definition) is 3. The van der Waals surface area contributed by atoms with Crippen LogP contribution in [-0.4, -0.2) is 42.9 Å². The van der Waals surface area contributed by atoms with E-state index < -0.39 is 0 Å². The minimum atomic E-state index is -0.277. The van der Waals surface area contributed by atoms with E-state index >= 15 is 0 Å². The molecule has 10 heavy (non-hydrogen) atoms. The molecule has 1 atom stereocenters. The predicted octanol–water partition coefficient (Wildman–Crippen LogP) is 0.304. The maximum Gasteiger partial charge on any atom is 0.424 e. The lowest BCUT2D eigenvalue weighted by molar-refractivity contribution is -0.110. The van der Waals surface area contributed by atoms with E-state index in [1.165, 1.54) is 7.11 Å². The second-order valence-electron chi connectivity index (χ2n) is 2.47. The van der Waals surface area contributed by atoms with Crippen molar-refractivity contribution >= 4 is 6.09 Å². The largest absolute Gasteiger partial charge is 0.452 e. The van der Waals surface area contributed by atoms with Crippen LogP contribution in [0.3, 0.4) is 0 Å². The first kappa shape index (κ1) is 7.34. The van der Waals surface area contributed by atoms with Gasteiger partial charge in [-0.1, -0.05) is 0 Å². The molecule has 0 aromatic heterocycles. The van der Waals surface area contributed by atoms with Crippen LogP contribution in [0.5, 0.6) is 0 Å². The third-order valence-corrected chi connectivity index (χ3v) is 1.84. The molecule has 1 heterocycles. The number of ether oxygens (including phenoxy) is 1. The van der Waals surface area contributed by atoms with E-state index in [2.05, 4.69) is 11.7 Å².